The molecule has 3 nitrogen and oxygen atoms in total. The SMILES string of the molecule is CC(C)SC[C@H](N)C(=O)O. The molecule has 3 N–H and O–H groups in total. The molecule has 4 heteroatoms. The van der Waals surface area contributed by atoms with Gasteiger partial charge in [0.1, 0.15) is 6.04 Å². The van der Waals surface area contributed by atoms with Crippen molar-refractivity contribution in [1.82, 2.24) is 0 Å². The van der Waals surface area contributed by atoms with Crippen LogP contribution in [-0.4, -0.2) is 28.1 Å². The lowest BCUT2D eigenvalue weighted by Gasteiger charge is -2.07. The van der Waals surface area contributed by atoms with Gasteiger partial charge in [-0.25, -0.2) is 0 Å². The molecule has 0 aromatic carbocycles. The smallest absolute Gasteiger partial charge is 0.321 e. The predicted molar refractivity (Wildman–Crippen MR) is 43.2 cm³/mol. The molecule has 0 bridgehead atoms. The molecular weight excluding hydrogens is 150 g/mol. The van der Waals surface area contributed by atoms with Crippen LogP contribution in [0.3, 0.4) is 0 Å². The summed E-state index contributed by atoms with van der Waals surface area (Å²) in [5, 5.41) is 8.81. The van der Waals surface area contributed by atoms with E-state index in [4.69, 9.17) is 10.8 Å². The predicted octanol–water partition coefficient (Wildman–Crippen LogP) is 0.540. The molecule has 0 saturated carbocycles. The minimum atomic E-state index is -0.923. The van der Waals surface area contributed by atoms with Gasteiger partial charge in [0.25, 0.3) is 0 Å². The zero-order valence-electron chi connectivity index (χ0n) is 6.20. The zero-order valence-corrected chi connectivity index (χ0v) is 7.02. The van der Waals surface area contributed by atoms with E-state index in [-0.39, 0.29) is 0 Å². The van der Waals surface area contributed by atoms with Gasteiger partial charge in [0.2, 0.25) is 0 Å². The van der Waals surface area contributed by atoms with Crippen molar-refractivity contribution >= 4 is 17.7 Å². The van der Waals surface area contributed by atoms with Gasteiger partial charge in [-0.05, 0) is 5.25 Å². The van der Waals surface area contributed by atoms with E-state index in [1.54, 1.807) is 11.8 Å². The average molecular weight is 163 g/mol. The number of aliphatic carboxylic acids is 1. The van der Waals surface area contributed by atoms with Gasteiger partial charge < -0.3 is 10.8 Å². The van der Waals surface area contributed by atoms with E-state index >= 15 is 0 Å². The second-order valence-electron chi connectivity index (χ2n) is 2.33. The average Bonchev–Trinajstić information content (AvgIpc) is 1.82. The van der Waals surface area contributed by atoms with Crippen LogP contribution in [0, 0.1) is 0 Å². The lowest BCUT2D eigenvalue weighted by Crippen LogP contribution is -2.32. The molecule has 0 aromatic heterocycles. The van der Waals surface area contributed by atoms with Crippen molar-refractivity contribution in [2.45, 2.75) is 25.1 Å². The molecule has 0 amide bonds. The molecular formula is C6H13NO2S. The minimum Gasteiger partial charge on any atom is -0.480 e. The zero-order chi connectivity index (χ0) is 8.15. The van der Waals surface area contributed by atoms with E-state index in [2.05, 4.69) is 0 Å². The first-order chi connectivity index (χ1) is 4.54. The Morgan fingerprint density at radius 1 is 1.70 bits per heavy atom. The number of rotatable bonds is 4. The highest BCUT2D eigenvalue weighted by Gasteiger charge is 2.11. The standard InChI is InChI=1S/C6H13NO2S/c1-4(2)10-3-5(7)6(8)9/h4-5H,3,7H2,1-2H3,(H,8,9)/t5-/m0/s1. The minimum absolute atomic E-state index is 0.449. The van der Waals surface area contributed by atoms with Gasteiger partial charge >= 0.3 is 5.97 Å². The first-order valence-electron chi connectivity index (χ1n) is 3.14. The molecule has 0 rings (SSSR count). The van der Waals surface area contributed by atoms with Gasteiger partial charge in [-0.2, -0.15) is 11.8 Å². The highest BCUT2D eigenvalue weighted by molar-refractivity contribution is 7.99. The third-order valence-corrected chi connectivity index (χ3v) is 2.14. The van der Waals surface area contributed by atoms with Gasteiger partial charge in [0.05, 0.1) is 0 Å². The van der Waals surface area contributed by atoms with Gasteiger partial charge in [-0.15, -0.1) is 0 Å². The molecule has 1 atom stereocenters. The number of carbonyl (C=O) groups is 1. The number of hydrogen-bond donors (Lipinski definition) is 2. The fourth-order valence-corrected chi connectivity index (χ4v) is 1.10. The number of thioether (sulfide) groups is 1. The maximum absolute atomic E-state index is 10.2. The van der Waals surface area contributed by atoms with Crippen LogP contribution in [-0.2, 0) is 4.79 Å². The molecule has 0 saturated heterocycles. The van der Waals surface area contributed by atoms with Crippen molar-refractivity contribution in [3.8, 4) is 0 Å². The van der Waals surface area contributed by atoms with Crippen LogP contribution >= 0.6 is 11.8 Å². The Morgan fingerprint density at radius 3 is 2.50 bits per heavy atom. The van der Waals surface area contributed by atoms with Crippen LogP contribution in [0.1, 0.15) is 13.8 Å². The summed E-state index contributed by atoms with van der Waals surface area (Å²) in [6, 6.07) is -0.715. The van der Waals surface area contributed by atoms with E-state index in [9.17, 15) is 4.79 Å². The first kappa shape index (κ1) is 9.78. The summed E-state index contributed by atoms with van der Waals surface area (Å²) >= 11 is 1.56. The van der Waals surface area contributed by atoms with E-state index in [0.29, 0.717) is 11.0 Å². The molecule has 60 valence electrons. The molecule has 0 fully saturated rings. The van der Waals surface area contributed by atoms with Crippen molar-refractivity contribution in [2.24, 2.45) is 5.73 Å². The third kappa shape index (κ3) is 4.64. The molecule has 0 spiro atoms. The second-order valence-corrected chi connectivity index (χ2v) is 3.94. The summed E-state index contributed by atoms with van der Waals surface area (Å²) in [4.78, 5) is 10.2. The lowest BCUT2D eigenvalue weighted by atomic mass is 10.4. The molecule has 0 unspecified atom stereocenters. The molecule has 0 heterocycles. The summed E-state index contributed by atoms with van der Waals surface area (Å²) in [5.41, 5.74) is 5.24. The van der Waals surface area contributed by atoms with E-state index in [1.165, 1.54) is 0 Å². The summed E-state index contributed by atoms with van der Waals surface area (Å²) in [6.07, 6.45) is 0. The van der Waals surface area contributed by atoms with Crippen LogP contribution in [0.15, 0.2) is 0 Å². The van der Waals surface area contributed by atoms with Crippen LogP contribution < -0.4 is 5.73 Å². The third-order valence-electron chi connectivity index (χ3n) is 0.926. The summed E-state index contributed by atoms with van der Waals surface area (Å²) in [6.45, 7) is 4.03. The number of hydrogen-bond acceptors (Lipinski definition) is 3. The molecule has 0 aliphatic carbocycles. The molecule has 10 heavy (non-hydrogen) atoms. The number of nitrogens with two attached hydrogens (primary N) is 1. The van der Waals surface area contributed by atoms with Gasteiger partial charge in [-0.3, -0.25) is 4.79 Å². The Kier molecular flexibility index (Phi) is 4.47. The van der Waals surface area contributed by atoms with Crippen LogP contribution in [0.25, 0.3) is 0 Å². The van der Waals surface area contributed by atoms with E-state index < -0.39 is 12.0 Å². The topological polar surface area (TPSA) is 63.3 Å². The first-order valence-corrected chi connectivity index (χ1v) is 4.19. The van der Waals surface area contributed by atoms with Crippen LogP contribution in [0.5, 0.6) is 0 Å². The van der Waals surface area contributed by atoms with Crippen molar-refractivity contribution in [3.05, 3.63) is 0 Å². The number of carboxylic acids is 1. The highest BCUT2D eigenvalue weighted by Crippen LogP contribution is 2.09. The highest BCUT2D eigenvalue weighted by atomic mass is 32.2. The van der Waals surface area contributed by atoms with Crippen LogP contribution in [0.2, 0.25) is 0 Å². The van der Waals surface area contributed by atoms with Crippen molar-refractivity contribution in [2.75, 3.05) is 5.75 Å². The van der Waals surface area contributed by atoms with Crippen LogP contribution in [0.4, 0.5) is 0 Å². The quantitative estimate of drug-likeness (QED) is 0.635. The normalized spacial score (nSPS) is 13.6. The lowest BCUT2D eigenvalue weighted by molar-refractivity contribution is -0.137. The molecule has 0 aromatic rings. The Balaban J connectivity index is 3.40. The fourth-order valence-electron chi connectivity index (χ4n) is 0.367. The summed E-state index contributed by atoms with van der Waals surface area (Å²) in [5.74, 6) is -0.430. The maximum Gasteiger partial charge on any atom is 0.321 e. The maximum atomic E-state index is 10.2. The van der Waals surface area contributed by atoms with Gasteiger partial charge in [0.15, 0.2) is 0 Å². The second kappa shape index (κ2) is 4.57. The van der Waals surface area contributed by atoms with Crippen molar-refractivity contribution < 1.29 is 9.90 Å². The van der Waals surface area contributed by atoms with E-state index in [0.717, 1.165) is 0 Å². The van der Waals surface area contributed by atoms with Crippen molar-refractivity contribution in [1.29, 1.82) is 0 Å². The Hall–Kier alpha value is -0.220. The summed E-state index contributed by atoms with van der Waals surface area (Å²) < 4.78 is 0. The number of carboxylic acid groups (broad SMARTS) is 1. The Bertz CT molecular complexity index is 116. The van der Waals surface area contributed by atoms with Gasteiger partial charge in [0, 0.05) is 5.75 Å². The molecule has 0 radical (unpaired) electrons. The monoisotopic (exact) mass is 163 g/mol. The fraction of sp³-hybridized carbons (Fsp3) is 0.833. The van der Waals surface area contributed by atoms with E-state index in [1.807, 2.05) is 13.8 Å². The molecule has 0 aliphatic rings. The molecule has 0 aliphatic heterocycles. The Morgan fingerprint density at radius 2 is 2.20 bits per heavy atom. The van der Waals surface area contributed by atoms with Crippen molar-refractivity contribution in [3.63, 3.8) is 0 Å². The largest absolute Gasteiger partial charge is 0.480 e. The summed E-state index contributed by atoms with van der Waals surface area (Å²) in [7, 11) is 0. The van der Waals surface area contributed by atoms with Gasteiger partial charge in [-0.1, -0.05) is 13.8 Å². The Labute approximate surface area is 65.0 Å².